The molecule has 0 radical (unpaired) electrons. The van der Waals surface area contributed by atoms with Gasteiger partial charge in [0, 0.05) is 12.0 Å². The lowest BCUT2D eigenvalue weighted by Gasteiger charge is -2.35. The molecule has 1 aliphatic rings. The maximum Gasteiger partial charge on any atom is 0.228 e. The summed E-state index contributed by atoms with van der Waals surface area (Å²) in [7, 11) is 1.66. The highest BCUT2D eigenvalue weighted by atomic mass is 32.1. The van der Waals surface area contributed by atoms with Gasteiger partial charge in [-0.3, -0.25) is 4.79 Å². The lowest BCUT2D eigenvalue weighted by molar-refractivity contribution is -0.136. The van der Waals surface area contributed by atoms with Gasteiger partial charge in [0.2, 0.25) is 5.91 Å². The predicted octanol–water partition coefficient (Wildman–Crippen LogP) is 1.39. The monoisotopic (exact) mass is 297 g/mol. The van der Waals surface area contributed by atoms with E-state index in [0.717, 1.165) is 41.5 Å². The van der Waals surface area contributed by atoms with E-state index in [4.69, 9.17) is 4.74 Å². The molecule has 2 N–H and O–H groups in total. The number of nitrogens with zero attached hydrogens (tertiary/aromatic N) is 1. The second-order valence-electron chi connectivity index (χ2n) is 5.39. The van der Waals surface area contributed by atoms with Crippen molar-refractivity contribution in [3.05, 3.63) is 15.6 Å². The van der Waals surface area contributed by atoms with Gasteiger partial charge >= 0.3 is 0 Å². The smallest absolute Gasteiger partial charge is 0.228 e. The normalized spacial score (nSPS) is 17.9. The Labute approximate surface area is 124 Å². The van der Waals surface area contributed by atoms with Crippen LogP contribution in [0, 0.1) is 19.3 Å². The van der Waals surface area contributed by atoms with Gasteiger partial charge in [-0.1, -0.05) is 0 Å². The second-order valence-corrected chi connectivity index (χ2v) is 6.68. The highest BCUT2D eigenvalue weighted by molar-refractivity contribution is 7.11. The van der Waals surface area contributed by atoms with E-state index in [1.54, 1.807) is 18.4 Å². The molecule has 112 valence electrons. The Morgan fingerprint density at radius 1 is 1.45 bits per heavy atom. The fourth-order valence-corrected chi connectivity index (χ4v) is 3.58. The van der Waals surface area contributed by atoms with Crippen LogP contribution in [0.25, 0.3) is 0 Å². The number of thiazole rings is 1. The molecule has 1 saturated heterocycles. The van der Waals surface area contributed by atoms with Gasteiger partial charge in [0.25, 0.3) is 0 Å². The van der Waals surface area contributed by atoms with Crippen LogP contribution in [0.2, 0.25) is 0 Å². The van der Waals surface area contributed by atoms with Gasteiger partial charge in [-0.25, -0.2) is 4.98 Å². The van der Waals surface area contributed by atoms with Crippen molar-refractivity contribution in [2.24, 2.45) is 5.41 Å². The van der Waals surface area contributed by atoms with E-state index < -0.39 is 0 Å². The first-order valence-corrected chi connectivity index (χ1v) is 7.80. The molecular weight excluding hydrogens is 274 g/mol. The summed E-state index contributed by atoms with van der Waals surface area (Å²) in [6.45, 7) is 6.77. The number of aromatic nitrogens is 1. The van der Waals surface area contributed by atoms with Gasteiger partial charge in [-0.2, -0.15) is 0 Å². The van der Waals surface area contributed by atoms with Crippen LogP contribution in [0.5, 0.6) is 0 Å². The molecule has 0 bridgehead atoms. The molecule has 0 atom stereocenters. The van der Waals surface area contributed by atoms with Crippen LogP contribution in [0.15, 0.2) is 0 Å². The van der Waals surface area contributed by atoms with Crippen molar-refractivity contribution in [3.8, 4) is 0 Å². The van der Waals surface area contributed by atoms with Gasteiger partial charge in [0.1, 0.15) is 0 Å². The number of aryl methyl sites for hydroxylation is 2. The maximum absolute atomic E-state index is 12.6. The molecule has 1 aromatic rings. The molecule has 0 saturated carbocycles. The van der Waals surface area contributed by atoms with Crippen LogP contribution in [0.4, 0.5) is 0 Å². The summed E-state index contributed by atoms with van der Waals surface area (Å²) in [6, 6.07) is 0. The Hall–Kier alpha value is -0.980. The van der Waals surface area contributed by atoms with E-state index in [0.29, 0.717) is 13.2 Å². The number of piperidine rings is 1. The SMILES string of the molecule is COCC1(C(=O)NCc2sc(C)nc2C)CCNCC1. The molecule has 2 heterocycles. The molecule has 0 aliphatic carbocycles. The van der Waals surface area contributed by atoms with E-state index in [1.165, 1.54) is 0 Å². The largest absolute Gasteiger partial charge is 0.384 e. The van der Waals surface area contributed by atoms with Crippen molar-refractivity contribution in [1.82, 2.24) is 15.6 Å². The first kappa shape index (κ1) is 15.4. The van der Waals surface area contributed by atoms with Gasteiger partial charge in [0.05, 0.1) is 29.3 Å². The van der Waals surface area contributed by atoms with Crippen LogP contribution in [-0.2, 0) is 16.1 Å². The first-order chi connectivity index (χ1) is 9.57. The van der Waals surface area contributed by atoms with Crippen LogP contribution in [0.1, 0.15) is 28.4 Å². The third-order valence-corrected chi connectivity index (χ3v) is 4.94. The molecule has 20 heavy (non-hydrogen) atoms. The zero-order valence-electron chi connectivity index (χ0n) is 12.4. The standard InChI is InChI=1S/C14H23N3O2S/c1-10-12(20-11(2)17-10)8-16-13(18)14(9-19-3)4-6-15-7-5-14/h15H,4-9H2,1-3H3,(H,16,18). The molecule has 1 amide bonds. The molecule has 5 nitrogen and oxygen atoms in total. The molecule has 1 aliphatic heterocycles. The van der Waals surface area contributed by atoms with Gasteiger partial charge in [-0.15, -0.1) is 11.3 Å². The Bertz CT molecular complexity index is 461. The zero-order valence-corrected chi connectivity index (χ0v) is 13.2. The third-order valence-electron chi connectivity index (χ3n) is 3.87. The Balaban J connectivity index is 2.00. The second kappa shape index (κ2) is 6.65. The number of nitrogens with one attached hydrogen (secondary N) is 2. The lowest BCUT2D eigenvalue weighted by Crippen LogP contribution is -2.49. The van der Waals surface area contributed by atoms with Crippen molar-refractivity contribution in [2.45, 2.75) is 33.2 Å². The minimum atomic E-state index is -0.381. The van der Waals surface area contributed by atoms with Crippen molar-refractivity contribution in [1.29, 1.82) is 0 Å². The van der Waals surface area contributed by atoms with Crippen LogP contribution in [-0.4, -0.2) is 37.7 Å². The summed E-state index contributed by atoms with van der Waals surface area (Å²) in [5.41, 5.74) is 0.632. The van der Waals surface area contributed by atoms with E-state index in [2.05, 4.69) is 15.6 Å². The minimum absolute atomic E-state index is 0.103. The molecule has 0 unspecified atom stereocenters. The first-order valence-electron chi connectivity index (χ1n) is 6.98. The number of carbonyl (C=O) groups excluding carboxylic acids is 1. The highest BCUT2D eigenvalue weighted by Gasteiger charge is 2.39. The van der Waals surface area contributed by atoms with E-state index in [9.17, 15) is 4.79 Å². The van der Waals surface area contributed by atoms with Gasteiger partial charge in [0.15, 0.2) is 0 Å². The van der Waals surface area contributed by atoms with Gasteiger partial charge in [-0.05, 0) is 39.8 Å². The zero-order chi connectivity index (χ0) is 14.6. The average Bonchev–Trinajstić information content (AvgIpc) is 2.75. The Morgan fingerprint density at radius 3 is 2.70 bits per heavy atom. The number of rotatable bonds is 5. The van der Waals surface area contributed by atoms with E-state index in [1.807, 2.05) is 13.8 Å². The predicted molar refractivity (Wildman–Crippen MR) is 79.8 cm³/mol. The van der Waals surface area contributed by atoms with Crippen molar-refractivity contribution < 1.29 is 9.53 Å². The van der Waals surface area contributed by atoms with Crippen molar-refractivity contribution >= 4 is 17.2 Å². The minimum Gasteiger partial charge on any atom is -0.384 e. The van der Waals surface area contributed by atoms with Crippen molar-refractivity contribution in [3.63, 3.8) is 0 Å². The number of hydrogen-bond acceptors (Lipinski definition) is 5. The molecule has 2 rings (SSSR count). The quantitative estimate of drug-likeness (QED) is 0.862. The fourth-order valence-electron chi connectivity index (χ4n) is 2.70. The van der Waals surface area contributed by atoms with Crippen LogP contribution < -0.4 is 10.6 Å². The summed E-state index contributed by atoms with van der Waals surface area (Å²) < 4.78 is 5.29. The fraction of sp³-hybridized carbons (Fsp3) is 0.714. The van der Waals surface area contributed by atoms with Crippen molar-refractivity contribution in [2.75, 3.05) is 26.8 Å². The summed E-state index contributed by atoms with van der Waals surface area (Å²) in [6.07, 6.45) is 1.65. The summed E-state index contributed by atoms with van der Waals surface area (Å²) in [4.78, 5) is 18.1. The lowest BCUT2D eigenvalue weighted by atomic mass is 9.78. The number of carbonyl (C=O) groups is 1. The molecule has 0 spiro atoms. The summed E-state index contributed by atoms with van der Waals surface area (Å²) >= 11 is 1.65. The number of amides is 1. The summed E-state index contributed by atoms with van der Waals surface area (Å²) in [5, 5.41) is 7.41. The Kier molecular flexibility index (Phi) is 5.12. The van der Waals surface area contributed by atoms with Crippen LogP contribution in [0.3, 0.4) is 0 Å². The third kappa shape index (κ3) is 3.37. The number of hydrogen-bond donors (Lipinski definition) is 2. The van der Waals surface area contributed by atoms with E-state index in [-0.39, 0.29) is 11.3 Å². The summed E-state index contributed by atoms with van der Waals surface area (Å²) in [5.74, 6) is 0.103. The molecule has 1 fully saturated rings. The molecule has 6 heteroatoms. The Morgan fingerprint density at radius 2 is 2.15 bits per heavy atom. The van der Waals surface area contributed by atoms with Gasteiger partial charge < -0.3 is 15.4 Å². The average molecular weight is 297 g/mol. The maximum atomic E-state index is 12.6. The van der Waals surface area contributed by atoms with E-state index >= 15 is 0 Å². The molecular formula is C14H23N3O2S. The topological polar surface area (TPSA) is 63.2 Å². The highest BCUT2D eigenvalue weighted by Crippen LogP contribution is 2.29. The number of methoxy groups -OCH3 is 1. The molecule has 1 aromatic heterocycles. The number of ether oxygens (including phenoxy) is 1. The van der Waals surface area contributed by atoms with Crippen LogP contribution >= 0.6 is 11.3 Å². The molecule has 0 aromatic carbocycles.